The number of thioether (sulfide) groups is 1. The fourth-order valence-electron chi connectivity index (χ4n) is 2.02. The molecule has 1 aromatic rings. The summed E-state index contributed by atoms with van der Waals surface area (Å²) in [7, 11) is 0. The summed E-state index contributed by atoms with van der Waals surface area (Å²) >= 11 is 1.37. The molecule has 1 aliphatic rings. The third-order valence-electron chi connectivity index (χ3n) is 3.23. The second kappa shape index (κ2) is 6.71. The molecule has 6 nitrogen and oxygen atoms in total. The number of hydrogen-bond donors (Lipinski definition) is 1. The Kier molecular flexibility index (Phi) is 4.97. The zero-order valence-corrected chi connectivity index (χ0v) is 11.7. The Morgan fingerprint density at radius 2 is 1.95 bits per heavy atom. The average Bonchev–Trinajstić information content (AvgIpc) is 2.46. The molecule has 1 aliphatic heterocycles. The fourth-order valence-corrected chi connectivity index (χ4v) is 2.82. The Bertz CT molecular complexity index is 484. The topological polar surface area (TPSA) is 83.7 Å². The summed E-state index contributed by atoms with van der Waals surface area (Å²) in [6, 6.07) is 6.17. The number of hydrogen-bond acceptors (Lipinski definition) is 5. The highest BCUT2D eigenvalue weighted by atomic mass is 32.2. The zero-order valence-electron chi connectivity index (χ0n) is 10.9. The maximum atomic E-state index is 12.0. The summed E-state index contributed by atoms with van der Waals surface area (Å²) in [6.07, 6.45) is 0.975. The maximum absolute atomic E-state index is 12.0. The lowest BCUT2D eigenvalue weighted by atomic mass is 10.1. The molecule has 20 heavy (non-hydrogen) atoms. The van der Waals surface area contributed by atoms with Gasteiger partial charge in [-0.1, -0.05) is 0 Å². The van der Waals surface area contributed by atoms with E-state index in [1.54, 1.807) is 17.0 Å². The van der Waals surface area contributed by atoms with Crippen LogP contribution in [0.4, 0.5) is 5.69 Å². The van der Waals surface area contributed by atoms with Crippen LogP contribution in [0.3, 0.4) is 0 Å². The molecular formula is C13H16N2O4S. The third kappa shape index (κ3) is 3.94. The van der Waals surface area contributed by atoms with Gasteiger partial charge in [-0.15, -0.1) is 11.8 Å². The Morgan fingerprint density at radius 1 is 1.35 bits per heavy atom. The zero-order chi connectivity index (χ0) is 14.5. The highest BCUT2D eigenvalue weighted by Crippen LogP contribution is 2.22. The van der Waals surface area contributed by atoms with Crippen molar-refractivity contribution < 1.29 is 14.8 Å². The van der Waals surface area contributed by atoms with Crippen molar-refractivity contribution in [1.29, 1.82) is 0 Å². The number of aliphatic hydroxyl groups excluding tert-OH is 1. The van der Waals surface area contributed by atoms with Gasteiger partial charge in [-0.25, -0.2) is 0 Å². The molecule has 2 rings (SSSR count). The highest BCUT2D eigenvalue weighted by molar-refractivity contribution is 8.00. The van der Waals surface area contributed by atoms with Crippen molar-refractivity contribution in [3.8, 4) is 0 Å². The van der Waals surface area contributed by atoms with Crippen LogP contribution in [0.25, 0.3) is 0 Å². The van der Waals surface area contributed by atoms with Crippen LogP contribution in [0, 0.1) is 10.1 Å². The molecule has 1 heterocycles. The van der Waals surface area contributed by atoms with Crippen LogP contribution in [-0.2, 0) is 4.79 Å². The number of carbonyl (C=O) groups excluding carboxylic acids is 1. The van der Waals surface area contributed by atoms with Gasteiger partial charge in [0.05, 0.1) is 16.8 Å². The van der Waals surface area contributed by atoms with Crippen LogP contribution < -0.4 is 0 Å². The highest BCUT2D eigenvalue weighted by Gasteiger charge is 2.21. The minimum atomic E-state index is -0.446. The van der Waals surface area contributed by atoms with E-state index in [4.69, 9.17) is 0 Å². The van der Waals surface area contributed by atoms with E-state index >= 15 is 0 Å². The summed E-state index contributed by atoms with van der Waals surface area (Å²) in [5.74, 6) is 0.355. The van der Waals surface area contributed by atoms with Crippen LogP contribution in [-0.4, -0.2) is 45.8 Å². The number of piperidine rings is 1. The van der Waals surface area contributed by atoms with Crippen LogP contribution in [0.5, 0.6) is 0 Å². The Balaban J connectivity index is 1.82. The molecule has 0 saturated carbocycles. The van der Waals surface area contributed by atoms with Crippen molar-refractivity contribution in [2.45, 2.75) is 23.8 Å². The first-order valence-corrected chi connectivity index (χ1v) is 7.38. The van der Waals surface area contributed by atoms with E-state index in [1.807, 2.05) is 0 Å². The molecule has 0 spiro atoms. The summed E-state index contributed by atoms with van der Waals surface area (Å²) in [5, 5.41) is 19.9. The molecule has 1 amide bonds. The van der Waals surface area contributed by atoms with Gasteiger partial charge in [0.25, 0.3) is 5.69 Å². The SMILES string of the molecule is O=C(CSc1ccc([N+](=O)[O-])cc1)N1CCC(O)CC1. The van der Waals surface area contributed by atoms with Gasteiger partial charge in [0.1, 0.15) is 0 Å². The number of aliphatic hydroxyl groups is 1. The first kappa shape index (κ1) is 14.8. The number of likely N-dealkylation sites (tertiary alicyclic amines) is 1. The molecule has 0 aliphatic carbocycles. The van der Waals surface area contributed by atoms with Gasteiger partial charge in [0, 0.05) is 30.1 Å². The van der Waals surface area contributed by atoms with Gasteiger partial charge in [-0.05, 0) is 25.0 Å². The smallest absolute Gasteiger partial charge is 0.269 e. The number of non-ortho nitro benzene ring substituents is 1. The molecule has 1 fully saturated rings. The van der Waals surface area contributed by atoms with E-state index in [0.29, 0.717) is 31.7 Å². The molecule has 0 unspecified atom stereocenters. The summed E-state index contributed by atoms with van der Waals surface area (Å²) in [6.45, 7) is 1.20. The minimum absolute atomic E-state index is 0.0419. The Labute approximate surface area is 120 Å². The van der Waals surface area contributed by atoms with Crippen molar-refractivity contribution >= 4 is 23.4 Å². The second-order valence-electron chi connectivity index (χ2n) is 4.65. The Hall–Kier alpha value is -1.60. The normalized spacial score (nSPS) is 16.1. The van der Waals surface area contributed by atoms with E-state index in [9.17, 15) is 20.0 Å². The van der Waals surface area contributed by atoms with Crippen molar-refractivity contribution in [3.63, 3.8) is 0 Å². The van der Waals surface area contributed by atoms with Crippen LogP contribution in [0.1, 0.15) is 12.8 Å². The lowest BCUT2D eigenvalue weighted by Crippen LogP contribution is -2.40. The molecule has 0 atom stereocenters. The number of nitro groups is 1. The number of amides is 1. The maximum Gasteiger partial charge on any atom is 0.269 e. The van der Waals surface area contributed by atoms with E-state index < -0.39 is 4.92 Å². The predicted molar refractivity (Wildman–Crippen MR) is 75.6 cm³/mol. The summed E-state index contributed by atoms with van der Waals surface area (Å²) in [4.78, 5) is 24.6. The number of nitro benzene ring substituents is 1. The minimum Gasteiger partial charge on any atom is -0.393 e. The number of nitrogens with zero attached hydrogens (tertiary/aromatic N) is 2. The largest absolute Gasteiger partial charge is 0.393 e. The van der Waals surface area contributed by atoms with Crippen molar-refractivity contribution in [2.75, 3.05) is 18.8 Å². The molecule has 1 aromatic carbocycles. The van der Waals surface area contributed by atoms with Crippen LogP contribution in [0.2, 0.25) is 0 Å². The first-order chi connectivity index (χ1) is 9.56. The monoisotopic (exact) mass is 296 g/mol. The van der Waals surface area contributed by atoms with Crippen molar-refractivity contribution in [3.05, 3.63) is 34.4 Å². The third-order valence-corrected chi connectivity index (χ3v) is 4.22. The number of rotatable bonds is 4. The second-order valence-corrected chi connectivity index (χ2v) is 5.70. The van der Waals surface area contributed by atoms with E-state index in [0.717, 1.165) is 4.90 Å². The molecule has 7 heteroatoms. The van der Waals surface area contributed by atoms with Crippen LogP contribution in [0.15, 0.2) is 29.2 Å². The van der Waals surface area contributed by atoms with E-state index in [2.05, 4.69) is 0 Å². The fraction of sp³-hybridized carbons (Fsp3) is 0.462. The number of carbonyl (C=O) groups is 1. The van der Waals surface area contributed by atoms with Crippen molar-refractivity contribution in [1.82, 2.24) is 4.90 Å². The lowest BCUT2D eigenvalue weighted by Gasteiger charge is -2.29. The van der Waals surface area contributed by atoms with E-state index in [1.165, 1.54) is 23.9 Å². The van der Waals surface area contributed by atoms with Gasteiger partial charge >= 0.3 is 0 Å². The average molecular weight is 296 g/mol. The molecule has 1 N–H and O–H groups in total. The van der Waals surface area contributed by atoms with E-state index in [-0.39, 0.29) is 17.7 Å². The summed E-state index contributed by atoms with van der Waals surface area (Å²) < 4.78 is 0. The van der Waals surface area contributed by atoms with Gasteiger partial charge in [0.2, 0.25) is 5.91 Å². The summed E-state index contributed by atoms with van der Waals surface area (Å²) in [5.41, 5.74) is 0.0469. The van der Waals surface area contributed by atoms with Gasteiger partial charge in [-0.3, -0.25) is 14.9 Å². The molecule has 108 valence electrons. The van der Waals surface area contributed by atoms with Gasteiger partial charge in [-0.2, -0.15) is 0 Å². The molecule has 0 radical (unpaired) electrons. The van der Waals surface area contributed by atoms with Gasteiger partial charge < -0.3 is 10.0 Å². The first-order valence-electron chi connectivity index (χ1n) is 6.39. The molecule has 1 saturated heterocycles. The Morgan fingerprint density at radius 3 is 2.50 bits per heavy atom. The van der Waals surface area contributed by atoms with Gasteiger partial charge in [0.15, 0.2) is 0 Å². The number of benzene rings is 1. The molecular weight excluding hydrogens is 280 g/mol. The standard InChI is InChI=1S/C13H16N2O4S/c16-11-5-7-14(8-6-11)13(17)9-20-12-3-1-10(2-4-12)15(18)19/h1-4,11,16H,5-9H2. The lowest BCUT2D eigenvalue weighted by molar-refractivity contribution is -0.384. The van der Waals surface area contributed by atoms with Crippen molar-refractivity contribution in [2.24, 2.45) is 0 Å². The quantitative estimate of drug-likeness (QED) is 0.519. The molecule has 0 bridgehead atoms. The van der Waals surface area contributed by atoms with Crippen LogP contribution >= 0.6 is 11.8 Å². The predicted octanol–water partition coefficient (Wildman–Crippen LogP) is 1.67. The molecule has 0 aromatic heterocycles.